The van der Waals surface area contributed by atoms with Crippen molar-refractivity contribution in [3.8, 4) is 0 Å². The first-order valence-corrected chi connectivity index (χ1v) is 12.8. The van der Waals surface area contributed by atoms with Gasteiger partial charge in [0.1, 0.15) is 23.3 Å². The van der Waals surface area contributed by atoms with Gasteiger partial charge in [-0.05, 0) is 26.8 Å². The van der Waals surface area contributed by atoms with Crippen LogP contribution in [-0.4, -0.2) is 49.2 Å². The van der Waals surface area contributed by atoms with E-state index in [1.165, 1.54) is 25.4 Å². The number of halogens is 2. The van der Waals surface area contributed by atoms with Crippen molar-refractivity contribution in [3.05, 3.63) is 58.4 Å². The zero-order valence-corrected chi connectivity index (χ0v) is 21.8. The second-order valence-corrected chi connectivity index (χ2v) is 10.1. The van der Waals surface area contributed by atoms with Crippen molar-refractivity contribution in [3.63, 3.8) is 0 Å². The minimum atomic E-state index is -3.72. The second-order valence-electron chi connectivity index (χ2n) is 7.69. The number of aromatic nitrogens is 3. The van der Waals surface area contributed by atoms with Gasteiger partial charge in [0.05, 0.1) is 40.5 Å². The van der Waals surface area contributed by atoms with Crippen LogP contribution in [0.15, 0.2) is 30.5 Å². The lowest BCUT2D eigenvalue weighted by molar-refractivity contribution is 0.0365. The lowest BCUT2D eigenvalue weighted by atomic mass is 10.2. The molecular weight excluding hydrogens is 513 g/mol. The van der Waals surface area contributed by atoms with E-state index in [4.69, 9.17) is 16.4 Å². The summed E-state index contributed by atoms with van der Waals surface area (Å²) in [7, 11) is -2.42. The molecule has 0 fully saturated rings. The van der Waals surface area contributed by atoms with Gasteiger partial charge in [-0.15, -0.1) is 0 Å². The third kappa shape index (κ3) is 6.56. The summed E-state index contributed by atoms with van der Waals surface area (Å²) in [5.74, 6) is -0.0897. The number of carbonyl (C=O) groups is 1. The van der Waals surface area contributed by atoms with Crippen LogP contribution in [0.2, 0.25) is 5.02 Å². The van der Waals surface area contributed by atoms with Gasteiger partial charge < -0.3 is 10.6 Å². The predicted octanol–water partition coefficient (Wildman–Crippen LogP) is 3.85. The van der Waals surface area contributed by atoms with Crippen molar-refractivity contribution in [2.75, 3.05) is 34.8 Å². The molecule has 14 heteroatoms. The van der Waals surface area contributed by atoms with Gasteiger partial charge in [0, 0.05) is 37.1 Å². The molecule has 3 N–H and O–H groups in total. The summed E-state index contributed by atoms with van der Waals surface area (Å²) >= 11 is 5.93. The van der Waals surface area contributed by atoms with Crippen molar-refractivity contribution in [1.29, 1.82) is 0 Å². The number of carbonyl (C=O) groups excluding carboxylic acids is 1. The molecule has 11 nitrogen and oxygen atoms in total. The fourth-order valence-corrected chi connectivity index (χ4v) is 3.80. The quantitative estimate of drug-likeness (QED) is 0.347. The van der Waals surface area contributed by atoms with Crippen LogP contribution in [0, 0.1) is 19.7 Å². The summed E-state index contributed by atoms with van der Waals surface area (Å²) < 4.78 is 39.7. The van der Waals surface area contributed by atoms with E-state index in [-0.39, 0.29) is 34.3 Å². The average Bonchev–Trinajstić information content (AvgIpc) is 2.78. The van der Waals surface area contributed by atoms with Crippen LogP contribution in [0.4, 0.5) is 33.1 Å². The van der Waals surface area contributed by atoms with Gasteiger partial charge in [-0.3, -0.25) is 13.9 Å². The van der Waals surface area contributed by atoms with Crippen LogP contribution >= 0.6 is 11.6 Å². The highest BCUT2D eigenvalue weighted by molar-refractivity contribution is 7.92. The zero-order chi connectivity index (χ0) is 26.6. The van der Waals surface area contributed by atoms with Crippen molar-refractivity contribution in [1.82, 2.24) is 20.4 Å². The highest BCUT2D eigenvalue weighted by Gasteiger charge is 2.21. The molecule has 36 heavy (non-hydrogen) atoms. The topological polar surface area (TPSA) is 138 Å². The highest BCUT2D eigenvalue weighted by atomic mass is 35.5. The van der Waals surface area contributed by atoms with Gasteiger partial charge >= 0.3 is 0 Å². The molecule has 0 radical (unpaired) electrons. The Bertz CT molecular complexity index is 1390. The van der Waals surface area contributed by atoms with Gasteiger partial charge in [-0.1, -0.05) is 11.6 Å². The van der Waals surface area contributed by atoms with Crippen LogP contribution in [0.25, 0.3) is 0 Å². The molecule has 192 valence electrons. The number of hydroxylamine groups is 1. The first-order valence-electron chi connectivity index (χ1n) is 10.6. The molecule has 3 rings (SSSR count). The Hall–Kier alpha value is -3.55. The average molecular weight is 538 g/mol. The highest BCUT2D eigenvalue weighted by Crippen LogP contribution is 2.35. The SMILES string of the molecule is CCONC(=O)c1cnc(Nc2cc(C)nc(C)n2)cc1Nc1cc(F)c(Cl)cc1N(C)S(C)(=O)=O. The molecule has 1 amide bonds. The summed E-state index contributed by atoms with van der Waals surface area (Å²) in [4.78, 5) is 30.5. The molecule has 2 aromatic heterocycles. The number of nitrogens with one attached hydrogen (secondary N) is 3. The van der Waals surface area contributed by atoms with Crippen molar-refractivity contribution < 1.29 is 22.4 Å². The monoisotopic (exact) mass is 537 g/mol. The fourth-order valence-electron chi connectivity index (χ4n) is 3.13. The largest absolute Gasteiger partial charge is 0.353 e. The third-order valence-corrected chi connectivity index (χ3v) is 6.31. The van der Waals surface area contributed by atoms with Gasteiger partial charge in [-0.2, -0.15) is 0 Å². The number of sulfonamides is 1. The van der Waals surface area contributed by atoms with Crippen LogP contribution in [0.1, 0.15) is 28.8 Å². The van der Waals surface area contributed by atoms with Crippen LogP contribution in [-0.2, 0) is 14.9 Å². The van der Waals surface area contributed by atoms with E-state index in [9.17, 15) is 17.6 Å². The molecule has 0 unspecified atom stereocenters. The Balaban J connectivity index is 2.10. The van der Waals surface area contributed by atoms with Crippen molar-refractivity contribution >= 4 is 56.2 Å². The molecule has 2 heterocycles. The Morgan fingerprint density at radius 1 is 1.11 bits per heavy atom. The minimum Gasteiger partial charge on any atom is -0.353 e. The Labute approximate surface area is 213 Å². The van der Waals surface area contributed by atoms with E-state index in [0.29, 0.717) is 17.5 Å². The number of nitrogens with zero attached hydrogens (tertiary/aromatic N) is 4. The van der Waals surface area contributed by atoms with Crippen LogP contribution in [0.3, 0.4) is 0 Å². The molecule has 0 bridgehead atoms. The normalized spacial score (nSPS) is 11.2. The smallest absolute Gasteiger partial charge is 0.278 e. The van der Waals surface area contributed by atoms with Gasteiger partial charge in [0.15, 0.2) is 0 Å². The Morgan fingerprint density at radius 2 is 1.83 bits per heavy atom. The summed E-state index contributed by atoms with van der Waals surface area (Å²) in [6.45, 7) is 5.48. The molecule has 0 saturated heterocycles. The molecular formula is C22H25ClFN7O4S. The van der Waals surface area contributed by atoms with E-state index in [1.54, 1.807) is 19.9 Å². The van der Waals surface area contributed by atoms with E-state index >= 15 is 0 Å². The van der Waals surface area contributed by atoms with E-state index < -0.39 is 21.7 Å². The van der Waals surface area contributed by atoms with Gasteiger partial charge in [0.2, 0.25) is 10.0 Å². The van der Waals surface area contributed by atoms with Crippen molar-refractivity contribution in [2.45, 2.75) is 20.8 Å². The lowest BCUT2D eigenvalue weighted by Crippen LogP contribution is -2.26. The van der Waals surface area contributed by atoms with Gasteiger partial charge in [-0.25, -0.2) is 33.2 Å². The number of rotatable bonds is 9. The van der Waals surface area contributed by atoms with E-state index in [1.807, 2.05) is 6.92 Å². The fraction of sp³-hybridized carbons (Fsp3) is 0.273. The standard InChI is InChI=1S/C22H25ClFN7O4S/c1-6-35-30-22(32)14-11-25-20(29-21-7-12(2)26-13(3)27-21)10-17(14)28-18-9-16(24)15(23)8-19(18)31(4)36(5,33)34/h7-11H,6H2,1-5H3,(H,30,32)(H2,25,26,27,28,29). The molecule has 0 saturated carbocycles. The Kier molecular flexibility index (Phi) is 8.28. The van der Waals surface area contributed by atoms with Crippen molar-refractivity contribution in [2.24, 2.45) is 0 Å². The van der Waals surface area contributed by atoms with Crippen LogP contribution < -0.4 is 20.4 Å². The maximum absolute atomic E-state index is 14.4. The van der Waals surface area contributed by atoms with Crippen LogP contribution in [0.5, 0.6) is 0 Å². The summed E-state index contributed by atoms with van der Waals surface area (Å²) in [6.07, 6.45) is 2.28. The number of benzene rings is 1. The lowest BCUT2D eigenvalue weighted by Gasteiger charge is -2.22. The molecule has 3 aromatic rings. The maximum Gasteiger partial charge on any atom is 0.278 e. The summed E-state index contributed by atoms with van der Waals surface area (Å²) in [5, 5.41) is 5.70. The molecule has 0 aliphatic carbocycles. The third-order valence-electron chi connectivity index (χ3n) is 4.82. The number of hydrogen-bond donors (Lipinski definition) is 3. The molecule has 0 spiro atoms. The number of amides is 1. The van der Waals surface area contributed by atoms with E-state index in [2.05, 4.69) is 31.1 Å². The minimum absolute atomic E-state index is 0.0427. The first-order chi connectivity index (χ1) is 16.9. The first kappa shape index (κ1) is 27.0. The number of hydrogen-bond acceptors (Lipinski definition) is 9. The molecule has 1 aromatic carbocycles. The number of aryl methyl sites for hydroxylation is 2. The predicted molar refractivity (Wildman–Crippen MR) is 136 cm³/mol. The van der Waals surface area contributed by atoms with E-state index in [0.717, 1.165) is 22.3 Å². The maximum atomic E-state index is 14.4. The number of pyridine rings is 1. The summed E-state index contributed by atoms with van der Waals surface area (Å²) in [6, 6.07) is 5.41. The Morgan fingerprint density at radius 3 is 2.47 bits per heavy atom. The zero-order valence-electron chi connectivity index (χ0n) is 20.2. The number of anilines is 5. The second kappa shape index (κ2) is 11.0. The summed E-state index contributed by atoms with van der Waals surface area (Å²) in [5.41, 5.74) is 3.35. The molecule has 0 aliphatic rings. The molecule has 0 atom stereocenters. The molecule has 0 aliphatic heterocycles. The van der Waals surface area contributed by atoms with Gasteiger partial charge in [0.25, 0.3) is 5.91 Å².